The molecule has 3 rings (SSSR count). The van der Waals surface area contributed by atoms with E-state index in [1.807, 2.05) is 4.90 Å². The Kier molecular flexibility index (Phi) is 7.09. The van der Waals surface area contributed by atoms with Gasteiger partial charge in [-0.2, -0.15) is 0 Å². The Balaban J connectivity index is 1.71. The van der Waals surface area contributed by atoms with Crippen molar-refractivity contribution in [3.05, 3.63) is 71.8 Å². The quantitative estimate of drug-likeness (QED) is 0.809. The average Bonchev–Trinajstić information content (AvgIpc) is 2.73. The van der Waals surface area contributed by atoms with Gasteiger partial charge in [0.05, 0.1) is 12.0 Å². The molecule has 0 aliphatic carbocycles. The van der Waals surface area contributed by atoms with Crippen molar-refractivity contribution in [3.8, 4) is 0 Å². The highest BCUT2D eigenvalue weighted by Gasteiger charge is 2.32. The van der Waals surface area contributed by atoms with Gasteiger partial charge in [-0.1, -0.05) is 81.4 Å². The van der Waals surface area contributed by atoms with Crippen molar-refractivity contribution < 1.29 is 4.79 Å². The van der Waals surface area contributed by atoms with Gasteiger partial charge in [-0.3, -0.25) is 9.69 Å². The minimum Gasteiger partial charge on any atom is -0.340 e. The molecule has 1 amide bonds. The molecule has 1 atom stereocenters. The van der Waals surface area contributed by atoms with Crippen LogP contribution in [-0.4, -0.2) is 48.4 Å². The van der Waals surface area contributed by atoms with Gasteiger partial charge in [0, 0.05) is 32.7 Å². The third-order valence-electron chi connectivity index (χ3n) is 5.71. The van der Waals surface area contributed by atoms with Crippen molar-refractivity contribution in [2.45, 2.75) is 33.2 Å². The van der Waals surface area contributed by atoms with E-state index < -0.39 is 0 Å². The molecule has 1 aliphatic heterocycles. The zero-order valence-corrected chi connectivity index (χ0v) is 18.1. The third-order valence-corrected chi connectivity index (χ3v) is 5.71. The Morgan fingerprint density at radius 2 is 1.38 bits per heavy atom. The summed E-state index contributed by atoms with van der Waals surface area (Å²) in [5, 5.41) is 0. The van der Waals surface area contributed by atoms with Gasteiger partial charge in [-0.25, -0.2) is 0 Å². The molecule has 4 nitrogen and oxygen atoms in total. The Labute approximate surface area is 175 Å². The fourth-order valence-corrected chi connectivity index (χ4v) is 4.35. The molecular weight excluding hydrogens is 358 g/mol. The van der Waals surface area contributed by atoms with Crippen LogP contribution in [0.1, 0.15) is 44.4 Å². The van der Waals surface area contributed by atoms with Crippen molar-refractivity contribution >= 4 is 5.91 Å². The number of carbonyl (C=O) groups excluding carboxylic acids is 1. The smallest absolute Gasteiger partial charge is 0.227 e. The molecule has 2 aromatic carbocycles. The second kappa shape index (κ2) is 9.55. The van der Waals surface area contributed by atoms with E-state index in [1.165, 1.54) is 11.1 Å². The molecule has 1 heterocycles. The third kappa shape index (κ3) is 5.68. The second-order valence-electron chi connectivity index (χ2n) is 9.28. The molecule has 0 aromatic heterocycles. The fourth-order valence-electron chi connectivity index (χ4n) is 4.35. The van der Waals surface area contributed by atoms with Gasteiger partial charge in [0.1, 0.15) is 0 Å². The SMILES string of the molecule is CC(C)(C)CC(CN)C(=O)N1CCN(C(c2ccccc2)c2ccccc2)CC1. The van der Waals surface area contributed by atoms with Crippen LogP contribution in [0.4, 0.5) is 0 Å². The summed E-state index contributed by atoms with van der Waals surface area (Å²) in [6.07, 6.45) is 0.833. The summed E-state index contributed by atoms with van der Waals surface area (Å²) in [6.45, 7) is 10.2. The number of nitrogens with zero attached hydrogens (tertiary/aromatic N) is 2. The summed E-state index contributed by atoms with van der Waals surface area (Å²) in [4.78, 5) is 17.6. The first-order chi connectivity index (χ1) is 13.9. The van der Waals surface area contributed by atoms with E-state index >= 15 is 0 Å². The monoisotopic (exact) mass is 393 g/mol. The summed E-state index contributed by atoms with van der Waals surface area (Å²) in [7, 11) is 0. The summed E-state index contributed by atoms with van der Waals surface area (Å²) < 4.78 is 0. The highest BCUT2D eigenvalue weighted by molar-refractivity contribution is 5.79. The first-order valence-corrected chi connectivity index (χ1v) is 10.7. The Bertz CT molecular complexity index is 722. The highest BCUT2D eigenvalue weighted by Crippen LogP contribution is 2.30. The standard InChI is InChI=1S/C25H35N3O/c1-25(2,3)18-22(19-26)24(29)28-16-14-27(15-17-28)23(20-10-6-4-7-11-20)21-12-8-5-9-13-21/h4-13,22-23H,14-19,26H2,1-3H3. The van der Waals surface area contributed by atoms with Crippen LogP contribution in [-0.2, 0) is 4.79 Å². The molecule has 0 saturated carbocycles. The number of rotatable bonds is 6. The Hall–Kier alpha value is -2.17. The lowest BCUT2D eigenvalue weighted by molar-refractivity contribution is -0.138. The summed E-state index contributed by atoms with van der Waals surface area (Å²) in [6, 6.07) is 21.5. The van der Waals surface area contributed by atoms with E-state index in [1.54, 1.807) is 0 Å². The van der Waals surface area contributed by atoms with E-state index in [0.717, 1.165) is 32.6 Å². The molecule has 29 heavy (non-hydrogen) atoms. The number of carbonyl (C=O) groups is 1. The normalized spacial score (nSPS) is 16.8. The first-order valence-electron chi connectivity index (χ1n) is 10.7. The zero-order chi connectivity index (χ0) is 20.9. The number of amides is 1. The van der Waals surface area contributed by atoms with Crippen LogP contribution < -0.4 is 5.73 Å². The van der Waals surface area contributed by atoms with Gasteiger partial charge in [-0.05, 0) is 23.0 Å². The average molecular weight is 394 g/mol. The van der Waals surface area contributed by atoms with Gasteiger partial charge in [0.25, 0.3) is 0 Å². The maximum Gasteiger partial charge on any atom is 0.227 e. The predicted molar refractivity (Wildman–Crippen MR) is 119 cm³/mol. The van der Waals surface area contributed by atoms with Gasteiger partial charge in [-0.15, -0.1) is 0 Å². The van der Waals surface area contributed by atoms with Gasteiger partial charge < -0.3 is 10.6 Å². The van der Waals surface area contributed by atoms with Crippen LogP contribution in [0.5, 0.6) is 0 Å². The molecule has 2 aromatic rings. The molecular formula is C25H35N3O. The van der Waals surface area contributed by atoms with E-state index in [-0.39, 0.29) is 23.3 Å². The lowest BCUT2D eigenvalue weighted by Gasteiger charge is -2.41. The van der Waals surface area contributed by atoms with Gasteiger partial charge >= 0.3 is 0 Å². The van der Waals surface area contributed by atoms with E-state index in [9.17, 15) is 4.79 Å². The molecule has 1 aliphatic rings. The van der Waals surface area contributed by atoms with Crippen LogP contribution >= 0.6 is 0 Å². The van der Waals surface area contributed by atoms with Crippen LogP contribution in [0.25, 0.3) is 0 Å². The number of piperazine rings is 1. The first kappa shape index (κ1) is 21.5. The molecule has 1 saturated heterocycles. The van der Waals surface area contributed by atoms with Crippen molar-refractivity contribution in [1.29, 1.82) is 0 Å². The van der Waals surface area contributed by atoms with Crippen LogP contribution in [0.3, 0.4) is 0 Å². The molecule has 4 heteroatoms. The summed E-state index contributed by atoms with van der Waals surface area (Å²) >= 11 is 0. The molecule has 0 bridgehead atoms. The van der Waals surface area contributed by atoms with Crippen molar-refractivity contribution in [3.63, 3.8) is 0 Å². The second-order valence-corrected chi connectivity index (χ2v) is 9.28. The van der Waals surface area contributed by atoms with Crippen LogP contribution in [0.15, 0.2) is 60.7 Å². The van der Waals surface area contributed by atoms with Crippen molar-refractivity contribution in [2.24, 2.45) is 17.1 Å². The zero-order valence-electron chi connectivity index (χ0n) is 18.1. The van der Waals surface area contributed by atoms with E-state index in [2.05, 4.69) is 86.3 Å². The Morgan fingerprint density at radius 3 is 1.79 bits per heavy atom. The lowest BCUT2D eigenvalue weighted by atomic mass is 9.84. The Morgan fingerprint density at radius 1 is 0.897 bits per heavy atom. The van der Waals surface area contributed by atoms with Crippen LogP contribution in [0.2, 0.25) is 0 Å². The maximum atomic E-state index is 13.1. The molecule has 1 unspecified atom stereocenters. The van der Waals surface area contributed by atoms with Crippen molar-refractivity contribution in [2.75, 3.05) is 32.7 Å². The number of hydrogen-bond donors (Lipinski definition) is 1. The van der Waals surface area contributed by atoms with Crippen molar-refractivity contribution in [1.82, 2.24) is 9.80 Å². The minimum absolute atomic E-state index is 0.0828. The fraction of sp³-hybridized carbons (Fsp3) is 0.480. The molecule has 2 N–H and O–H groups in total. The number of hydrogen-bond acceptors (Lipinski definition) is 3. The van der Waals surface area contributed by atoms with Gasteiger partial charge in [0.15, 0.2) is 0 Å². The van der Waals surface area contributed by atoms with E-state index in [4.69, 9.17) is 5.73 Å². The molecule has 1 fully saturated rings. The maximum absolute atomic E-state index is 13.1. The lowest BCUT2D eigenvalue weighted by Crippen LogP contribution is -2.52. The van der Waals surface area contributed by atoms with Crippen LogP contribution in [0, 0.1) is 11.3 Å². The summed E-state index contributed by atoms with van der Waals surface area (Å²) in [5.41, 5.74) is 8.66. The largest absolute Gasteiger partial charge is 0.340 e. The molecule has 0 radical (unpaired) electrons. The highest BCUT2D eigenvalue weighted by atomic mass is 16.2. The molecule has 0 spiro atoms. The number of benzene rings is 2. The minimum atomic E-state index is -0.0828. The van der Waals surface area contributed by atoms with E-state index in [0.29, 0.717) is 6.54 Å². The molecule has 156 valence electrons. The number of nitrogens with two attached hydrogens (primary N) is 1. The predicted octanol–water partition coefficient (Wildman–Crippen LogP) is 3.93. The summed E-state index contributed by atoms with van der Waals surface area (Å²) in [5.74, 6) is 0.138. The topological polar surface area (TPSA) is 49.6 Å². The van der Waals surface area contributed by atoms with Gasteiger partial charge in [0.2, 0.25) is 5.91 Å².